The number of carboxylic acid groups (broad SMARTS) is 1. The van der Waals surface area contributed by atoms with Gasteiger partial charge in [0.1, 0.15) is 5.75 Å². The summed E-state index contributed by atoms with van der Waals surface area (Å²) in [4.78, 5) is 10.7. The van der Waals surface area contributed by atoms with Gasteiger partial charge in [0, 0.05) is 10.0 Å². The molecule has 0 aliphatic carbocycles. The lowest BCUT2D eigenvalue weighted by Gasteiger charge is -2.13. The highest BCUT2D eigenvalue weighted by molar-refractivity contribution is 9.10. The van der Waals surface area contributed by atoms with E-state index >= 15 is 0 Å². The number of benzene rings is 1. The zero-order valence-electron chi connectivity index (χ0n) is 8.32. The molecule has 15 heavy (non-hydrogen) atoms. The minimum atomic E-state index is -1.52. The lowest BCUT2D eigenvalue weighted by atomic mass is 10.0. The molecule has 5 heteroatoms. The van der Waals surface area contributed by atoms with Crippen molar-refractivity contribution in [3.05, 3.63) is 27.7 Å². The Balaban J connectivity index is 3.25. The third-order valence-electron chi connectivity index (χ3n) is 2.05. The number of carboxylic acids is 1. The molecule has 0 aromatic heterocycles. The molecule has 0 heterocycles. The first-order valence-corrected chi connectivity index (χ1v) is 5.01. The van der Waals surface area contributed by atoms with Gasteiger partial charge in [-0.15, -0.1) is 0 Å². The first-order valence-electron chi connectivity index (χ1n) is 4.22. The molecule has 0 aliphatic rings. The summed E-state index contributed by atoms with van der Waals surface area (Å²) in [6, 6.07) is 3.29. The second kappa shape index (κ2) is 4.63. The van der Waals surface area contributed by atoms with E-state index < -0.39 is 12.1 Å². The summed E-state index contributed by atoms with van der Waals surface area (Å²) in [5.41, 5.74) is 1.01. The number of hydrogen-bond donors (Lipinski definition) is 2. The van der Waals surface area contributed by atoms with Crippen LogP contribution < -0.4 is 4.74 Å². The molecule has 4 nitrogen and oxygen atoms in total. The van der Waals surface area contributed by atoms with E-state index in [1.54, 1.807) is 19.1 Å². The monoisotopic (exact) mass is 274 g/mol. The van der Waals surface area contributed by atoms with E-state index in [9.17, 15) is 9.90 Å². The van der Waals surface area contributed by atoms with Crippen LogP contribution in [0.3, 0.4) is 0 Å². The van der Waals surface area contributed by atoms with Crippen LogP contribution in [-0.4, -0.2) is 23.3 Å². The van der Waals surface area contributed by atoms with Gasteiger partial charge in [0.05, 0.1) is 7.11 Å². The first kappa shape index (κ1) is 12.0. The van der Waals surface area contributed by atoms with Crippen molar-refractivity contribution in [1.82, 2.24) is 0 Å². The maximum absolute atomic E-state index is 10.7. The third kappa shape index (κ3) is 2.49. The smallest absolute Gasteiger partial charge is 0.337 e. The molecular weight excluding hydrogens is 264 g/mol. The molecular formula is C10H11BrO4. The number of ether oxygens (including phenoxy) is 1. The van der Waals surface area contributed by atoms with Crippen LogP contribution in [0.25, 0.3) is 0 Å². The van der Waals surface area contributed by atoms with E-state index in [0.29, 0.717) is 21.3 Å². The van der Waals surface area contributed by atoms with Crippen molar-refractivity contribution in [2.24, 2.45) is 0 Å². The lowest BCUT2D eigenvalue weighted by molar-refractivity contribution is -0.147. The van der Waals surface area contributed by atoms with E-state index in [4.69, 9.17) is 9.84 Å². The van der Waals surface area contributed by atoms with Crippen LogP contribution in [0.1, 0.15) is 17.2 Å². The van der Waals surface area contributed by atoms with Gasteiger partial charge in [0.2, 0.25) is 0 Å². The summed E-state index contributed by atoms with van der Waals surface area (Å²) < 4.78 is 5.53. The minimum Gasteiger partial charge on any atom is -0.497 e. The van der Waals surface area contributed by atoms with Crippen LogP contribution in [0.15, 0.2) is 16.6 Å². The number of aliphatic hydroxyl groups is 1. The Hall–Kier alpha value is -1.07. The van der Waals surface area contributed by atoms with Crippen LogP contribution in [-0.2, 0) is 4.79 Å². The van der Waals surface area contributed by atoms with Crippen LogP contribution in [0.5, 0.6) is 5.75 Å². The number of hydrogen-bond acceptors (Lipinski definition) is 3. The SMILES string of the molecule is COc1cc(C)c(C(O)C(=O)O)c(Br)c1. The van der Waals surface area contributed by atoms with Crippen LogP contribution >= 0.6 is 15.9 Å². The molecule has 1 aromatic rings. The predicted molar refractivity (Wildman–Crippen MR) is 58.0 cm³/mol. The van der Waals surface area contributed by atoms with Gasteiger partial charge in [0.15, 0.2) is 6.10 Å². The van der Waals surface area contributed by atoms with Gasteiger partial charge in [-0.3, -0.25) is 0 Å². The summed E-state index contributed by atoms with van der Waals surface area (Å²) in [6.07, 6.45) is -1.52. The van der Waals surface area contributed by atoms with Gasteiger partial charge in [-0.25, -0.2) is 4.79 Å². The topological polar surface area (TPSA) is 66.8 Å². The van der Waals surface area contributed by atoms with Crippen molar-refractivity contribution in [1.29, 1.82) is 0 Å². The molecule has 0 bridgehead atoms. The fraction of sp³-hybridized carbons (Fsp3) is 0.300. The number of aryl methyl sites for hydroxylation is 1. The van der Waals surface area contributed by atoms with Gasteiger partial charge in [0.25, 0.3) is 0 Å². The predicted octanol–water partition coefficient (Wildman–Crippen LogP) is 1.88. The van der Waals surface area contributed by atoms with Crippen molar-refractivity contribution in [3.8, 4) is 5.75 Å². The number of halogens is 1. The highest BCUT2D eigenvalue weighted by Crippen LogP contribution is 2.31. The summed E-state index contributed by atoms with van der Waals surface area (Å²) in [5.74, 6) is -0.662. The Morgan fingerprint density at radius 1 is 1.53 bits per heavy atom. The standard InChI is InChI=1S/C10H11BrO4/c1-5-3-6(15-2)4-7(11)8(5)9(12)10(13)14/h3-4,9,12H,1-2H3,(H,13,14). The normalized spacial score (nSPS) is 12.3. The summed E-state index contributed by atoms with van der Waals surface area (Å²) in [5, 5.41) is 18.2. The van der Waals surface area contributed by atoms with Crippen molar-refractivity contribution >= 4 is 21.9 Å². The fourth-order valence-corrected chi connectivity index (χ4v) is 2.07. The lowest BCUT2D eigenvalue weighted by Crippen LogP contribution is -2.12. The zero-order valence-corrected chi connectivity index (χ0v) is 9.91. The number of carbonyl (C=O) groups is 1. The number of methoxy groups -OCH3 is 1. The Kier molecular flexibility index (Phi) is 3.71. The second-order valence-electron chi connectivity index (χ2n) is 3.08. The van der Waals surface area contributed by atoms with Gasteiger partial charge < -0.3 is 14.9 Å². The Bertz CT molecular complexity index is 366. The molecule has 82 valence electrons. The van der Waals surface area contributed by atoms with Crippen molar-refractivity contribution in [2.75, 3.05) is 7.11 Å². The Labute approximate surface area is 95.6 Å². The van der Waals surface area contributed by atoms with E-state index in [2.05, 4.69) is 15.9 Å². The Morgan fingerprint density at radius 3 is 2.53 bits per heavy atom. The maximum atomic E-state index is 10.7. The molecule has 2 N–H and O–H groups in total. The summed E-state index contributed by atoms with van der Waals surface area (Å²) in [7, 11) is 1.52. The highest BCUT2D eigenvalue weighted by Gasteiger charge is 2.21. The number of aliphatic hydroxyl groups excluding tert-OH is 1. The summed E-state index contributed by atoms with van der Waals surface area (Å²) in [6.45, 7) is 1.72. The quantitative estimate of drug-likeness (QED) is 0.883. The molecule has 0 aliphatic heterocycles. The van der Waals surface area contributed by atoms with Crippen LogP contribution in [0.4, 0.5) is 0 Å². The first-order chi connectivity index (χ1) is 6.97. The van der Waals surface area contributed by atoms with Gasteiger partial charge in [-0.05, 0) is 24.6 Å². The average Bonchev–Trinajstić information content (AvgIpc) is 2.16. The third-order valence-corrected chi connectivity index (χ3v) is 2.71. The van der Waals surface area contributed by atoms with Crippen LogP contribution in [0, 0.1) is 6.92 Å². The molecule has 0 saturated carbocycles. The van der Waals surface area contributed by atoms with Crippen molar-refractivity contribution in [3.63, 3.8) is 0 Å². The van der Waals surface area contributed by atoms with Crippen LogP contribution in [0.2, 0.25) is 0 Å². The average molecular weight is 275 g/mol. The second-order valence-corrected chi connectivity index (χ2v) is 3.93. The van der Waals surface area contributed by atoms with Gasteiger partial charge in [-0.2, -0.15) is 0 Å². The minimum absolute atomic E-state index is 0.350. The van der Waals surface area contributed by atoms with E-state index in [1.165, 1.54) is 7.11 Å². The highest BCUT2D eigenvalue weighted by atomic mass is 79.9. The molecule has 1 aromatic carbocycles. The van der Waals surface area contributed by atoms with Crippen molar-refractivity contribution in [2.45, 2.75) is 13.0 Å². The molecule has 0 fully saturated rings. The molecule has 0 saturated heterocycles. The van der Waals surface area contributed by atoms with E-state index in [-0.39, 0.29) is 0 Å². The number of rotatable bonds is 3. The molecule has 1 unspecified atom stereocenters. The van der Waals surface area contributed by atoms with Gasteiger partial charge in [-0.1, -0.05) is 15.9 Å². The largest absolute Gasteiger partial charge is 0.497 e. The van der Waals surface area contributed by atoms with Crippen molar-refractivity contribution < 1.29 is 19.7 Å². The maximum Gasteiger partial charge on any atom is 0.337 e. The molecule has 1 atom stereocenters. The number of aliphatic carboxylic acids is 1. The Morgan fingerprint density at radius 2 is 2.13 bits per heavy atom. The fourth-order valence-electron chi connectivity index (χ4n) is 1.31. The molecule has 0 radical (unpaired) electrons. The molecule has 0 amide bonds. The van der Waals surface area contributed by atoms with E-state index in [0.717, 1.165) is 0 Å². The van der Waals surface area contributed by atoms with E-state index in [1.807, 2.05) is 0 Å². The zero-order chi connectivity index (χ0) is 11.6. The van der Waals surface area contributed by atoms with Gasteiger partial charge >= 0.3 is 5.97 Å². The molecule has 1 rings (SSSR count). The summed E-state index contributed by atoms with van der Waals surface area (Å²) >= 11 is 3.20. The molecule has 0 spiro atoms.